The fraction of sp³-hybridized carbons (Fsp3) is 0.312. The molecule has 4 rings (SSSR count). The first-order valence-corrected chi connectivity index (χ1v) is 7.32. The molecule has 6 heteroatoms. The quantitative estimate of drug-likeness (QED) is 0.898. The Morgan fingerprint density at radius 1 is 1.36 bits per heavy atom. The van der Waals surface area contributed by atoms with Crippen LogP contribution in [0.4, 0.5) is 11.6 Å². The maximum atomic E-state index is 9.34. The SMILES string of the molecule is N#Cc1cc(-c2ccnc(NC3COC3)n2)cc2c1NCC2. The summed E-state index contributed by atoms with van der Waals surface area (Å²) < 4.78 is 5.14. The molecule has 0 radical (unpaired) electrons. The molecule has 3 heterocycles. The van der Waals surface area contributed by atoms with Crippen molar-refractivity contribution in [3.63, 3.8) is 0 Å². The Kier molecular flexibility index (Phi) is 3.13. The monoisotopic (exact) mass is 293 g/mol. The fourth-order valence-electron chi connectivity index (χ4n) is 2.76. The van der Waals surface area contributed by atoms with Gasteiger partial charge in [0.1, 0.15) is 6.07 Å². The van der Waals surface area contributed by atoms with Gasteiger partial charge in [0.2, 0.25) is 5.95 Å². The third-order valence-corrected chi connectivity index (χ3v) is 3.96. The second kappa shape index (κ2) is 5.28. The molecule has 2 aromatic rings. The van der Waals surface area contributed by atoms with Crippen LogP contribution in [0, 0.1) is 11.3 Å². The summed E-state index contributed by atoms with van der Waals surface area (Å²) >= 11 is 0. The van der Waals surface area contributed by atoms with Gasteiger partial charge in [-0.25, -0.2) is 9.97 Å². The molecule has 22 heavy (non-hydrogen) atoms. The van der Waals surface area contributed by atoms with Gasteiger partial charge in [-0.1, -0.05) is 0 Å². The summed E-state index contributed by atoms with van der Waals surface area (Å²) in [5.74, 6) is 0.600. The molecule has 1 saturated heterocycles. The van der Waals surface area contributed by atoms with Gasteiger partial charge in [0.05, 0.1) is 36.2 Å². The molecule has 1 aromatic heterocycles. The van der Waals surface area contributed by atoms with Crippen molar-refractivity contribution in [3.8, 4) is 17.3 Å². The lowest BCUT2D eigenvalue weighted by Crippen LogP contribution is -2.40. The number of benzene rings is 1. The lowest BCUT2D eigenvalue weighted by Gasteiger charge is -2.26. The van der Waals surface area contributed by atoms with Gasteiger partial charge in [0.25, 0.3) is 0 Å². The molecule has 0 bridgehead atoms. The lowest BCUT2D eigenvalue weighted by atomic mass is 10.0. The minimum Gasteiger partial charge on any atom is -0.383 e. The van der Waals surface area contributed by atoms with Crippen LogP contribution in [0.1, 0.15) is 11.1 Å². The Balaban J connectivity index is 1.69. The summed E-state index contributed by atoms with van der Waals surface area (Å²) in [4.78, 5) is 8.80. The highest BCUT2D eigenvalue weighted by Gasteiger charge is 2.20. The average molecular weight is 293 g/mol. The molecule has 0 amide bonds. The number of rotatable bonds is 3. The van der Waals surface area contributed by atoms with Crippen LogP contribution in [-0.4, -0.2) is 35.8 Å². The second-order valence-electron chi connectivity index (χ2n) is 5.49. The molecular formula is C16H15N5O. The van der Waals surface area contributed by atoms with E-state index in [1.54, 1.807) is 6.20 Å². The van der Waals surface area contributed by atoms with E-state index in [1.165, 1.54) is 5.56 Å². The third-order valence-electron chi connectivity index (χ3n) is 3.96. The fourth-order valence-corrected chi connectivity index (χ4v) is 2.76. The van der Waals surface area contributed by atoms with Gasteiger partial charge in [-0.15, -0.1) is 0 Å². The molecule has 2 aliphatic heterocycles. The molecule has 1 fully saturated rings. The van der Waals surface area contributed by atoms with Crippen LogP contribution in [0.3, 0.4) is 0 Å². The van der Waals surface area contributed by atoms with Crippen LogP contribution < -0.4 is 10.6 Å². The van der Waals surface area contributed by atoms with Crippen LogP contribution in [0.15, 0.2) is 24.4 Å². The number of hydrogen-bond donors (Lipinski definition) is 2. The zero-order chi connectivity index (χ0) is 14.9. The van der Waals surface area contributed by atoms with Gasteiger partial charge in [-0.05, 0) is 30.2 Å². The standard InChI is InChI=1S/C16H15N5O/c17-7-12-6-11(5-10-1-3-18-15(10)12)14-2-4-19-16(21-14)20-13-8-22-9-13/h2,4-6,13,18H,1,3,8-9H2,(H,19,20,21). The summed E-state index contributed by atoms with van der Waals surface area (Å²) in [6.07, 6.45) is 2.68. The first-order valence-electron chi connectivity index (χ1n) is 7.32. The number of fused-ring (bicyclic) bond motifs is 1. The molecule has 0 atom stereocenters. The molecule has 0 saturated carbocycles. The smallest absolute Gasteiger partial charge is 0.223 e. The van der Waals surface area contributed by atoms with Crippen molar-refractivity contribution in [2.45, 2.75) is 12.5 Å². The van der Waals surface area contributed by atoms with Crippen molar-refractivity contribution < 1.29 is 4.74 Å². The van der Waals surface area contributed by atoms with Gasteiger partial charge in [-0.3, -0.25) is 0 Å². The zero-order valence-electron chi connectivity index (χ0n) is 12.0. The number of hydrogen-bond acceptors (Lipinski definition) is 6. The summed E-state index contributed by atoms with van der Waals surface area (Å²) in [6.45, 7) is 2.26. The highest BCUT2D eigenvalue weighted by molar-refractivity contribution is 5.74. The highest BCUT2D eigenvalue weighted by atomic mass is 16.5. The van der Waals surface area contributed by atoms with E-state index in [0.29, 0.717) is 24.7 Å². The van der Waals surface area contributed by atoms with Crippen LogP contribution in [0.25, 0.3) is 11.3 Å². The van der Waals surface area contributed by atoms with E-state index in [2.05, 4.69) is 32.7 Å². The number of nitrogens with zero attached hydrogens (tertiary/aromatic N) is 3. The molecule has 2 N–H and O–H groups in total. The van der Waals surface area contributed by atoms with Crippen molar-refractivity contribution in [2.75, 3.05) is 30.4 Å². The molecule has 0 spiro atoms. The topological polar surface area (TPSA) is 82.9 Å². The molecule has 110 valence electrons. The van der Waals surface area contributed by atoms with Crippen molar-refractivity contribution >= 4 is 11.6 Å². The van der Waals surface area contributed by atoms with Crippen molar-refractivity contribution in [3.05, 3.63) is 35.5 Å². The van der Waals surface area contributed by atoms with Gasteiger partial charge in [-0.2, -0.15) is 5.26 Å². The Bertz CT molecular complexity index is 764. The van der Waals surface area contributed by atoms with Gasteiger partial charge >= 0.3 is 0 Å². The zero-order valence-corrected chi connectivity index (χ0v) is 12.0. The highest BCUT2D eigenvalue weighted by Crippen LogP contribution is 2.31. The Morgan fingerprint density at radius 3 is 3.05 bits per heavy atom. The molecular weight excluding hydrogens is 278 g/mol. The van der Waals surface area contributed by atoms with E-state index in [0.717, 1.165) is 29.9 Å². The Morgan fingerprint density at radius 2 is 2.27 bits per heavy atom. The Labute approximate surface area is 128 Å². The number of nitrogens with one attached hydrogen (secondary N) is 2. The first kappa shape index (κ1) is 13.0. The minimum atomic E-state index is 0.286. The number of anilines is 2. The second-order valence-corrected chi connectivity index (χ2v) is 5.49. The maximum absolute atomic E-state index is 9.34. The number of ether oxygens (including phenoxy) is 1. The van der Waals surface area contributed by atoms with E-state index in [1.807, 2.05) is 12.1 Å². The summed E-state index contributed by atoms with van der Waals surface area (Å²) in [7, 11) is 0. The Hall–Kier alpha value is -2.65. The van der Waals surface area contributed by atoms with Crippen molar-refractivity contribution in [1.82, 2.24) is 9.97 Å². The maximum Gasteiger partial charge on any atom is 0.223 e. The molecule has 1 aromatic carbocycles. The molecule has 0 aliphatic carbocycles. The summed E-state index contributed by atoms with van der Waals surface area (Å²) in [5, 5.41) is 15.9. The van der Waals surface area contributed by atoms with E-state index >= 15 is 0 Å². The van der Waals surface area contributed by atoms with E-state index in [4.69, 9.17) is 4.74 Å². The van der Waals surface area contributed by atoms with E-state index in [-0.39, 0.29) is 6.04 Å². The normalized spacial score (nSPS) is 16.3. The van der Waals surface area contributed by atoms with Crippen LogP contribution in [-0.2, 0) is 11.2 Å². The van der Waals surface area contributed by atoms with Crippen molar-refractivity contribution in [1.29, 1.82) is 5.26 Å². The minimum absolute atomic E-state index is 0.286. The third kappa shape index (κ3) is 2.26. The van der Waals surface area contributed by atoms with E-state index < -0.39 is 0 Å². The molecule has 6 nitrogen and oxygen atoms in total. The average Bonchev–Trinajstić information content (AvgIpc) is 2.99. The van der Waals surface area contributed by atoms with E-state index in [9.17, 15) is 5.26 Å². The predicted molar refractivity (Wildman–Crippen MR) is 82.6 cm³/mol. The predicted octanol–water partition coefficient (Wildman–Crippen LogP) is 1.79. The molecule has 0 unspecified atom stereocenters. The largest absolute Gasteiger partial charge is 0.383 e. The number of nitriles is 1. The van der Waals surface area contributed by atoms with Crippen LogP contribution in [0.2, 0.25) is 0 Å². The van der Waals surface area contributed by atoms with Crippen molar-refractivity contribution in [2.24, 2.45) is 0 Å². The molecule has 2 aliphatic rings. The van der Waals surface area contributed by atoms with Gasteiger partial charge in [0.15, 0.2) is 0 Å². The summed E-state index contributed by atoms with van der Waals surface area (Å²) in [6, 6.07) is 8.41. The lowest BCUT2D eigenvalue weighted by molar-refractivity contribution is 0.0208. The summed E-state index contributed by atoms with van der Waals surface area (Å²) in [5.41, 5.74) is 4.59. The van der Waals surface area contributed by atoms with Gasteiger partial charge in [0, 0.05) is 18.3 Å². The van der Waals surface area contributed by atoms with Gasteiger partial charge < -0.3 is 15.4 Å². The van der Waals surface area contributed by atoms with Crippen LogP contribution in [0.5, 0.6) is 0 Å². The number of aromatic nitrogens is 2. The van der Waals surface area contributed by atoms with Crippen LogP contribution >= 0.6 is 0 Å². The first-order chi connectivity index (χ1) is 10.8.